The number of hydrogen-bond acceptors (Lipinski definition) is 4. The van der Waals surface area contributed by atoms with Crippen molar-refractivity contribution in [2.45, 2.75) is 44.2 Å². The van der Waals surface area contributed by atoms with Crippen molar-refractivity contribution >= 4 is 29.7 Å². The lowest BCUT2D eigenvalue weighted by atomic mass is 9.95. The van der Waals surface area contributed by atoms with Gasteiger partial charge in [-0.05, 0) is 56.6 Å². The fourth-order valence-corrected chi connectivity index (χ4v) is 4.25. The minimum absolute atomic E-state index is 0. The Morgan fingerprint density at radius 3 is 2.86 bits per heavy atom. The highest BCUT2D eigenvalue weighted by atomic mass is 35.5. The highest BCUT2D eigenvalue weighted by molar-refractivity contribution is 7.10. The van der Waals surface area contributed by atoms with Gasteiger partial charge in [0.05, 0.1) is 6.10 Å². The van der Waals surface area contributed by atoms with E-state index in [1.54, 1.807) is 11.3 Å². The van der Waals surface area contributed by atoms with Crippen LogP contribution in [-0.4, -0.2) is 41.6 Å². The number of halogens is 1. The van der Waals surface area contributed by atoms with Crippen LogP contribution in [0.15, 0.2) is 17.5 Å². The van der Waals surface area contributed by atoms with Gasteiger partial charge in [0.1, 0.15) is 0 Å². The quantitative estimate of drug-likeness (QED) is 0.882. The first kappa shape index (κ1) is 17.7. The van der Waals surface area contributed by atoms with Gasteiger partial charge in [0, 0.05) is 23.4 Å². The van der Waals surface area contributed by atoms with Gasteiger partial charge in [-0.3, -0.25) is 4.79 Å². The molecule has 2 aliphatic heterocycles. The second kappa shape index (κ2) is 8.29. The van der Waals surface area contributed by atoms with E-state index in [0.29, 0.717) is 12.3 Å². The van der Waals surface area contributed by atoms with Crippen LogP contribution in [0.25, 0.3) is 0 Å². The van der Waals surface area contributed by atoms with Gasteiger partial charge in [-0.15, -0.1) is 23.7 Å². The highest BCUT2D eigenvalue weighted by Crippen LogP contribution is 2.31. The van der Waals surface area contributed by atoms with E-state index in [9.17, 15) is 9.90 Å². The monoisotopic (exact) mass is 344 g/mol. The van der Waals surface area contributed by atoms with Gasteiger partial charge in [0.15, 0.2) is 0 Å². The summed E-state index contributed by atoms with van der Waals surface area (Å²) in [6.45, 7) is 2.77. The first-order chi connectivity index (χ1) is 10.3. The molecule has 2 N–H and O–H groups in total. The molecule has 2 fully saturated rings. The predicted octanol–water partition coefficient (Wildman–Crippen LogP) is 2.58. The Kier molecular flexibility index (Phi) is 6.68. The Hall–Kier alpha value is -0.620. The molecule has 2 atom stereocenters. The van der Waals surface area contributed by atoms with Crippen LogP contribution in [0.4, 0.5) is 0 Å². The van der Waals surface area contributed by atoms with Crippen LogP contribution >= 0.6 is 23.7 Å². The predicted molar refractivity (Wildman–Crippen MR) is 91.5 cm³/mol. The summed E-state index contributed by atoms with van der Waals surface area (Å²) >= 11 is 1.59. The largest absolute Gasteiger partial charge is 0.387 e. The highest BCUT2D eigenvalue weighted by Gasteiger charge is 2.34. The zero-order valence-corrected chi connectivity index (χ0v) is 14.4. The number of carbonyl (C=O) groups excluding carboxylic acids is 1. The van der Waals surface area contributed by atoms with Crippen LogP contribution in [0.1, 0.15) is 43.1 Å². The molecule has 3 heterocycles. The summed E-state index contributed by atoms with van der Waals surface area (Å²) in [6.07, 6.45) is 4.25. The SMILES string of the molecule is Cl.O=C(C1CCNCC1)N1CCCC1CC(O)c1cccs1. The summed E-state index contributed by atoms with van der Waals surface area (Å²) in [5.74, 6) is 0.503. The molecule has 0 aliphatic carbocycles. The van der Waals surface area contributed by atoms with Gasteiger partial charge in [0.2, 0.25) is 5.91 Å². The molecule has 0 radical (unpaired) electrons. The standard InChI is InChI=1S/C16H24N2O2S.ClH/c19-14(15-4-2-10-21-15)11-13-3-1-9-18(13)16(20)12-5-7-17-8-6-12;/h2,4,10,12-14,17,19H,1,3,5-9,11H2;1H. The third-order valence-corrected chi connectivity index (χ3v) is 5.69. The van der Waals surface area contributed by atoms with Crippen molar-refractivity contribution in [1.82, 2.24) is 10.2 Å². The van der Waals surface area contributed by atoms with Gasteiger partial charge in [-0.25, -0.2) is 0 Å². The van der Waals surface area contributed by atoms with E-state index in [4.69, 9.17) is 0 Å². The molecule has 1 amide bonds. The van der Waals surface area contributed by atoms with Gasteiger partial charge in [-0.1, -0.05) is 6.07 Å². The van der Waals surface area contributed by atoms with Crippen LogP contribution in [0.3, 0.4) is 0 Å². The lowest BCUT2D eigenvalue weighted by molar-refractivity contribution is -0.137. The van der Waals surface area contributed by atoms with E-state index in [1.807, 2.05) is 22.4 Å². The van der Waals surface area contributed by atoms with Crippen LogP contribution < -0.4 is 5.32 Å². The molecule has 2 aliphatic rings. The normalized spacial score (nSPS) is 24.0. The number of piperidine rings is 1. The molecule has 2 saturated heterocycles. The lowest BCUT2D eigenvalue weighted by Gasteiger charge is -2.31. The summed E-state index contributed by atoms with van der Waals surface area (Å²) in [5, 5.41) is 15.6. The molecule has 0 spiro atoms. The Morgan fingerprint density at radius 2 is 2.18 bits per heavy atom. The molecule has 0 saturated carbocycles. The average molecular weight is 345 g/mol. The summed E-state index contributed by atoms with van der Waals surface area (Å²) < 4.78 is 0. The van der Waals surface area contributed by atoms with Gasteiger partial charge < -0.3 is 15.3 Å². The Morgan fingerprint density at radius 1 is 1.41 bits per heavy atom. The minimum Gasteiger partial charge on any atom is -0.387 e. The van der Waals surface area contributed by atoms with E-state index in [2.05, 4.69) is 5.32 Å². The van der Waals surface area contributed by atoms with E-state index >= 15 is 0 Å². The molecule has 124 valence electrons. The maximum absolute atomic E-state index is 12.7. The first-order valence-electron chi connectivity index (χ1n) is 7.98. The Balaban J connectivity index is 0.00000176. The van der Waals surface area contributed by atoms with Crippen LogP contribution in [0.2, 0.25) is 0 Å². The fraction of sp³-hybridized carbons (Fsp3) is 0.688. The average Bonchev–Trinajstić information content (AvgIpc) is 3.19. The number of hydrogen-bond donors (Lipinski definition) is 2. The molecule has 1 aromatic heterocycles. The topological polar surface area (TPSA) is 52.6 Å². The maximum atomic E-state index is 12.7. The summed E-state index contributed by atoms with van der Waals surface area (Å²) in [6, 6.07) is 4.16. The fourth-order valence-electron chi connectivity index (χ4n) is 3.53. The number of amides is 1. The number of nitrogens with zero attached hydrogens (tertiary/aromatic N) is 1. The maximum Gasteiger partial charge on any atom is 0.226 e. The second-order valence-corrected chi connectivity index (χ2v) is 7.10. The molecular formula is C16H25ClN2O2S. The Bertz CT molecular complexity index is 463. The van der Waals surface area contributed by atoms with Crippen molar-refractivity contribution in [3.63, 3.8) is 0 Å². The number of aliphatic hydroxyl groups is 1. The zero-order valence-electron chi connectivity index (χ0n) is 12.7. The zero-order chi connectivity index (χ0) is 14.7. The van der Waals surface area contributed by atoms with Crippen molar-refractivity contribution in [1.29, 1.82) is 0 Å². The summed E-state index contributed by atoms with van der Waals surface area (Å²) in [7, 11) is 0. The van der Waals surface area contributed by atoms with Crippen LogP contribution in [0.5, 0.6) is 0 Å². The van der Waals surface area contributed by atoms with Gasteiger partial charge >= 0.3 is 0 Å². The molecular weight excluding hydrogens is 320 g/mol. The Labute approximate surface area is 142 Å². The van der Waals surface area contributed by atoms with Gasteiger partial charge in [0.25, 0.3) is 0 Å². The van der Waals surface area contributed by atoms with E-state index in [1.165, 1.54) is 0 Å². The second-order valence-electron chi connectivity index (χ2n) is 6.12. The number of thiophene rings is 1. The molecule has 4 nitrogen and oxygen atoms in total. The van der Waals surface area contributed by atoms with Crippen LogP contribution in [0, 0.1) is 5.92 Å². The number of carbonyl (C=O) groups is 1. The first-order valence-corrected chi connectivity index (χ1v) is 8.86. The molecule has 0 bridgehead atoms. The smallest absolute Gasteiger partial charge is 0.226 e. The van der Waals surface area contributed by atoms with E-state index in [-0.39, 0.29) is 24.4 Å². The van der Waals surface area contributed by atoms with Crippen molar-refractivity contribution in [3.8, 4) is 0 Å². The van der Waals surface area contributed by atoms with Crippen molar-refractivity contribution < 1.29 is 9.90 Å². The van der Waals surface area contributed by atoms with Crippen LogP contribution in [-0.2, 0) is 4.79 Å². The number of likely N-dealkylation sites (tertiary alicyclic amines) is 1. The molecule has 3 rings (SSSR count). The number of aliphatic hydroxyl groups excluding tert-OH is 1. The van der Waals surface area contributed by atoms with Crippen molar-refractivity contribution in [3.05, 3.63) is 22.4 Å². The minimum atomic E-state index is -0.434. The molecule has 6 heteroatoms. The number of rotatable bonds is 4. The third-order valence-electron chi connectivity index (χ3n) is 4.72. The van der Waals surface area contributed by atoms with E-state index < -0.39 is 6.10 Å². The van der Waals surface area contributed by atoms with Crippen molar-refractivity contribution in [2.24, 2.45) is 5.92 Å². The number of nitrogens with one attached hydrogen (secondary N) is 1. The summed E-state index contributed by atoms with van der Waals surface area (Å²) in [5.41, 5.74) is 0. The molecule has 2 unspecified atom stereocenters. The molecule has 22 heavy (non-hydrogen) atoms. The molecule has 0 aromatic carbocycles. The summed E-state index contributed by atoms with van der Waals surface area (Å²) in [4.78, 5) is 15.8. The van der Waals surface area contributed by atoms with Crippen molar-refractivity contribution in [2.75, 3.05) is 19.6 Å². The van der Waals surface area contributed by atoms with Gasteiger partial charge in [-0.2, -0.15) is 0 Å². The third kappa shape index (κ3) is 4.02. The lowest BCUT2D eigenvalue weighted by Crippen LogP contribution is -2.43. The van der Waals surface area contributed by atoms with E-state index in [0.717, 1.165) is 50.2 Å². The molecule has 1 aromatic rings.